The Balaban J connectivity index is 2.41. The average Bonchev–Trinajstić information content (AvgIpc) is 2.07. The zero-order valence-corrected chi connectivity index (χ0v) is 9.84. The van der Waals surface area contributed by atoms with Crippen molar-refractivity contribution in [1.29, 1.82) is 0 Å². The van der Waals surface area contributed by atoms with E-state index in [0.717, 1.165) is 22.3 Å². The molecule has 0 spiro atoms. The number of hydrogen-bond donors (Lipinski definition) is 1. The third kappa shape index (κ3) is 1.63. The van der Waals surface area contributed by atoms with Gasteiger partial charge in [-0.1, -0.05) is 13.3 Å². The van der Waals surface area contributed by atoms with Crippen LogP contribution in [-0.2, 0) is 6.42 Å². The Hall–Kier alpha value is -0.640. The van der Waals surface area contributed by atoms with Crippen molar-refractivity contribution < 1.29 is 0 Å². The van der Waals surface area contributed by atoms with Crippen molar-refractivity contribution in [3.63, 3.8) is 0 Å². The van der Waals surface area contributed by atoms with E-state index in [-0.39, 0.29) is 0 Å². The molecule has 1 aliphatic carbocycles. The van der Waals surface area contributed by atoms with Crippen molar-refractivity contribution in [2.45, 2.75) is 38.5 Å². The topological polar surface area (TPSA) is 51.8 Å². The summed E-state index contributed by atoms with van der Waals surface area (Å²) in [6.45, 7) is 2.08. The zero-order valence-electron chi connectivity index (χ0n) is 8.26. The number of rotatable bonds is 2. The second-order valence-electron chi connectivity index (χ2n) is 3.71. The summed E-state index contributed by atoms with van der Waals surface area (Å²) in [4.78, 5) is 8.54. The molecule has 0 saturated heterocycles. The fraction of sp³-hybridized carbons (Fsp3) is 0.600. The molecule has 1 heterocycles. The Kier molecular flexibility index (Phi) is 2.72. The van der Waals surface area contributed by atoms with E-state index in [1.165, 1.54) is 19.3 Å². The minimum Gasteiger partial charge on any atom is -0.368 e. The number of anilines is 1. The van der Waals surface area contributed by atoms with Gasteiger partial charge in [0.2, 0.25) is 5.95 Å². The van der Waals surface area contributed by atoms with Gasteiger partial charge in [-0.3, -0.25) is 0 Å². The molecular formula is C10H14BrN3. The van der Waals surface area contributed by atoms with Gasteiger partial charge in [0.05, 0.1) is 15.9 Å². The van der Waals surface area contributed by atoms with Gasteiger partial charge in [0.25, 0.3) is 0 Å². The van der Waals surface area contributed by atoms with Crippen molar-refractivity contribution in [3.05, 3.63) is 15.9 Å². The minimum atomic E-state index is 0.409. The van der Waals surface area contributed by atoms with Gasteiger partial charge in [-0.2, -0.15) is 0 Å². The summed E-state index contributed by atoms with van der Waals surface area (Å²) in [6, 6.07) is 0. The summed E-state index contributed by atoms with van der Waals surface area (Å²) in [5.74, 6) is 1.01. The molecule has 0 amide bonds. The maximum absolute atomic E-state index is 5.68. The minimum absolute atomic E-state index is 0.409. The SMILES string of the molecule is CCc1nc(N)nc(C2CCC2)c1Br. The lowest BCUT2D eigenvalue weighted by molar-refractivity contribution is 0.409. The third-order valence-corrected chi connectivity index (χ3v) is 3.65. The number of aryl methyl sites for hydroxylation is 1. The smallest absolute Gasteiger partial charge is 0.220 e. The van der Waals surface area contributed by atoms with Crippen LogP contribution in [0, 0.1) is 0 Å². The molecule has 1 aromatic rings. The van der Waals surface area contributed by atoms with Crippen LogP contribution >= 0.6 is 15.9 Å². The molecule has 2 rings (SSSR count). The van der Waals surface area contributed by atoms with Crippen LogP contribution in [0.2, 0.25) is 0 Å². The van der Waals surface area contributed by atoms with Crippen molar-refractivity contribution in [2.24, 2.45) is 0 Å². The van der Waals surface area contributed by atoms with Crippen LogP contribution in [-0.4, -0.2) is 9.97 Å². The highest BCUT2D eigenvalue weighted by molar-refractivity contribution is 9.10. The van der Waals surface area contributed by atoms with E-state index in [1.54, 1.807) is 0 Å². The molecule has 0 aromatic carbocycles. The number of aromatic nitrogens is 2. The molecule has 4 heteroatoms. The molecular weight excluding hydrogens is 242 g/mol. The standard InChI is InChI=1S/C10H14BrN3/c1-2-7-8(11)9(6-4-3-5-6)14-10(12)13-7/h6H,2-5H2,1H3,(H2,12,13,14). The predicted octanol–water partition coefficient (Wildman–Crippen LogP) is 2.65. The molecule has 14 heavy (non-hydrogen) atoms. The number of nitrogen functional groups attached to an aromatic ring is 1. The van der Waals surface area contributed by atoms with Gasteiger partial charge >= 0.3 is 0 Å². The van der Waals surface area contributed by atoms with Gasteiger partial charge in [-0.05, 0) is 35.2 Å². The zero-order chi connectivity index (χ0) is 10.1. The third-order valence-electron chi connectivity index (χ3n) is 2.79. The van der Waals surface area contributed by atoms with Crippen LogP contribution in [0.3, 0.4) is 0 Å². The molecule has 1 aromatic heterocycles. The van der Waals surface area contributed by atoms with Crippen LogP contribution in [0.25, 0.3) is 0 Å². The molecule has 0 aliphatic heterocycles. The molecule has 2 N–H and O–H groups in total. The van der Waals surface area contributed by atoms with Crippen molar-refractivity contribution in [1.82, 2.24) is 9.97 Å². The molecule has 76 valence electrons. The molecule has 1 saturated carbocycles. The van der Waals surface area contributed by atoms with Crippen LogP contribution in [0.5, 0.6) is 0 Å². The first-order chi connectivity index (χ1) is 6.72. The molecule has 0 unspecified atom stereocenters. The second-order valence-corrected chi connectivity index (χ2v) is 4.50. The Bertz CT molecular complexity index is 347. The molecule has 1 fully saturated rings. The van der Waals surface area contributed by atoms with Gasteiger partial charge in [-0.25, -0.2) is 9.97 Å². The van der Waals surface area contributed by atoms with Crippen molar-refractivity contribution in [2.75, 3.05) is 5.73 Å². The Morgan fingerprint density at radius 2 is 2.14 bits per heavy atom. The van der Waals surface area contributed by atoms with Gasteiger partial charge in [0, 0.05) is 5.92 Å². The predicted molar refractivity (Wildman–Crippen MR) is 60.1 cm³/mol. The highest BCUT2D eigenvalue weighted by Crippen LogP contribution is 2.39. The van der Waals surface area contributed by atoms with Crippen LogP contribution in [0.15, 0.2) is 4.47 Å². The normalized spacial score (nSPS) is 16.7. The van der Waals surface area contributed by atoms with E-state index in [9.17, 15) is 0 Å². The van der Waals surface area contributed by atoms with Crippen LogP contribution < -0.4 is 5.73 Å². The first-order valence-electron chi connectivity index (χ1n) is 5.04. The first-order valence-corrected chi connectivity index (χ1v) is 5.83. The molecule has 0 atom stereocenters. The quantitative estimate of drug-likeness (QED) is 0.884. The average molecular weight is 256 g/mol. The highest BCUT2D eigenvalue weighted by atomic mass is 79.9. The molecule has 3 nitrogen and oxygen atoms in total. The number of halogens is 1. The summed E-state index contributed by atoms with van der Waals surface area (Å²) in [6.07, 6.45) is 4.67. The number of nitrogens with zero attached hydrogens (tertiary/aromatic N) is 2. The fourth-order valence-electron chi connectivity index (χ4n) is 1.72. The number of nitrogens with two attached hydrogens (primary N) is 1. The van der Waals surface area contributed by atoms with Crippen molar-refractivity contribution >= 4 is 21.9 Å². The summed E-state index contributed by atoms with van der Waals surface area (Å²) in [5.41, 5.74) is 7.82. The summed E-state index contributed by atoms with van der Waals surface area (Å²) in [7, 11) is 0. The Morgan fingerprint density at radius 1 is 1.43 bits per heavy atom. The van der Waals surface area contributed by atoms with E-state index in [2.05, 4.69) is 32.8 Å². The largest absolute Gasteiger partial charge is 0.368 e. The van der Waals surface area contributed by atoms with Gasteiger partial charge in [0.1, 0.15) is 0 Å². The van der Waals surface area contributed by atoms with E-state index in [0.29, 0.717) is 11.9 Å². The van der Waals surface area contributed by atoms with E-state index >= 15 is 0 Å². The lowest BCUT2D eigenvalue weighted by Gasteiger charge is -2.26. The molecule has 1 aliphatic rings. The number of hydrogen-bond acceptors (Lipinski definition) is 3. The summed E-state index contributed by atoms with van der Waals surface area (Å²) >= 11 is 3.57. The summed E-state index contributed by atoms with van der Waals surface area (Å²) < 4.78 is 1.07. The lowest BCUT2D eigenvalue weighted by atomic mass is 9.82. The van der Waals surface area contributed by atoms with E-state index in [4.69, 9.17) is 5.73 Å². The summed E-state index contributed by atoms with van der Waals surface area (Å²) in [5, 5.41) is 0. The van der Waals surface area contributed by atoms with Crippen molar-refractivity contribution in [3.8, 4) is 0 Å². The lowest BCUT2D eigenvalue weighted by Crippen LogP contribution is -2.14. The van der Waals surface area contributed by atoms with Crippen LogP contribution in [0.4, 0.5) is 5.95 Å². The Labute approximate surface area is 92.3 Å². The van der Waals surface area contributed by atoms with Crippen LogP contribution in [0.1, 0.15) is 43.5 Å². The highest BCUT2D eigenvalue weighted by Gasteiger charge is 2.24. The first kappa shape index (κ1) is 9.90. The fourth-order valence-corrected chi connectivity index (χ4v) is 2.50. The monoisotopic (exact) mass is 255 g/mol. The second kappa shape index (κ2) is 3.85. The van der Waals surface area contributed by atoms with E-state index < -0.39 is 0 Å². The maximum atomic E-state index is 5.68. The Morgan fingerprint density at radius 3 is 2.64 bits per heavy atom. The molecule has 0 bridgehead atoms. The van der Waals surface area contributed by atoms with Gasteiger partial charge in [-0.15, -0.1) is 0 Å². The van der Waals surface area contributed by atoms with Gasteiger partial charge < -0.3 is 5.73 Å². The maximum Gasteiger partial charge on any atom is 0.220 e. The van der Waals surface area contributed by atoms with E-state index in [1.807, 2.05) is 0 Å². The van der Waals surface area contributed by atoms with Gasteiger partial charge in [0.15, 0.2) is 0 Å². The molecule has 0 radical (unpaired) electrons.